The minimum atomic E-state index is 0.0143. The Kier molecular flexibility index (Phi) is 6.75. The van der Waals surface area contributed by atoms with E-state index in [2.05, 4.69) is 157 Å². The van der Waals surface area contributed by atoms with Crippen LogP contribution in [-0.4, -0.2) is 12.1 Å². The van der Waals surface area contributed by atoms with Crippen molar-refractivity contribution in [1.29, 1.82) is 0 Å². The van der Waals surface area contributed by atoms with Crippen LogP contribution >= 0.6 is 0 Å². The van der Waals surface area contributed by atoms with E-state index in [4.69, 9.17) is 0 Å². The lowest BCUT2D eigenvalue weighted by Crippen LogP contribution is -2.33. The molecule has 0 fully saturated rings. The molecule has 0 spiro atoms. The first-order valence-electron chi connectivity index (χ1n) is 17.5. The molecule has 2 heteroatoms. The average molecular weight is 611 g/mol. The monoisotopic (exact) mass is 610 g/mol. The Labute approximate surface area is 279 Å². The highest BCUT2D eigenvalue weighted by Gasteiger charge is 2.42. The molecule has 0 amide bonds. The molecule has 0 aromatic heterocycles. The van der Waals surface area contributed by atoms with Gasteiger partial charge in [0.25, 0.3) is 0 Å². The van der Waals surface area contributed by atoms with Crippen molar-refractivity contribution in [3.63, 3.8) is 0 Å². The van der Waals surface area contributed by atoms with E-state index < -0.39 is 0 Å². The van der Waals surface area contributed by atoms with Crippen LogP contribution in [0.25, 0.3) is 16.7 Å². The van der Waals surface area contributed by atoms with Gasteiger partial charge in [-0.1, -0.05) is 117 Å². The van der Waals surface area contributed by atoms with E-state index in [1.54, 1.807) is 5.57 Å². The standard InChI is InChI=1S/C45H42N2/c1-45(2)41-19-11-9-17-37(41)38-27-25-35(29-42(38)45)47-43-20-12-10-18-39(43)40-28-26-36(30-44(40)47)46(33-15-7-4-8-16-33)34-23-21-32(22-24-34)31-13-5-3-6-14-31/h4-5,7-15,17-19,21-24,26,28-30,33,43H,3,6,16,20,25,27H2,1-2H3. The second kappa shape index (κ2) is 11.2. The van der Waals surface area contributed by atoms with Crippen LogP contribution < -0.4 is 9.80 Å². The highest BCUT2D eigenvalue weighted by Crippen LogP contribution is 2.54. The Morgan fingerprint density at radius 3 is 2.47 bits per heavy atom. The molecule has 47 heavy (non-hydrogen) atoms. The van der Waals surface area contributed by atoms with Crippen LogP contribution in [-0.2, 0) is 5.41 Å². The summed E-state index contributed by atoms with van der Waals surface area (Å²) in [5, 5.41) is 0. The van der Waals surface area contributed by atoms with Crippen molar-refractivity contribution in [2.24, 2.45) is 0 Å². The fourth-order valence-electron chi connectivity index (χ4n) is 8.88. The molecular formula is C45H42N2. The van der Waals surface area contributed by atoms with Gasteiger partial charge in [-0.2, -0.15) is 0 Å². The molecule has 1 heterocycles. The highest BCUT2D eigenvalue weighted by atomic mass is 15.2. The third-order valence-electron chi connectivity index (χ3n) is 11.2. The summed E-state index contributed by atoms with van der Waals surface area (Å²) in [5.74, 6) is 0. The van der Waals surface area contributed by atoms with Crippen LogP contribution in [0.3, 0.4) is 0 Å². The molecular weight excluding hydrogens is 569 g/mol. The van der Waals surface area contributed by atoms with Crippen LogP contribution in [0.4, 0.5) is 17.1 Å². The van der Waals surface area contributed by atoms with Gasteiger partial charge in [-0.15, -0.1) is 0 Å². The van der Waals surface area contributed by atoms with Crippen LogP contribution in [0.2, 0.25) is 0 Å². The van der Waals surface area contributed by atoms with Gasteiger partial charge in [-0.25, -0.2) is 0 Å². The Bertz CT molecular complexity index is 2020. The van der Waals surface area contributed by atoms with E-state index >= 15 is 0 Å². The molecule has 0 N–H and O–H groups in total. The van der Waals surface area contributed by atoms with Crippen molar-refractivity contribution >= 4 is 33.8 Å². The fourth-order valence-corrected chi connectivity index (χ4v) is 8.88. The quantitative estimate of drug-likeness (QED) is 0.284. The number of rotatable bonds is 5. The molecule has 9 rings (SSSR count). The van der Waals surface area contributed by atoms with Gasteiger partial charge >= 0.3 is 0 Å². The largest absolute Gasteiger partial charge is 0.337 e. The van der Waals surface area contributed by atoms with Gasteiger partial charge < -0.3 is 9.80 Å². The van der Waals surface area contributed by atoms with Crippen LogP contribution in [0.15, 0.2) is 145 Å². The summed E-state index contributed by atoms with van der Waals surface area (Å²) in [6.45, 7) is 4.82. The SMILES string of the molecule is CC1(C)C2=C(CCC(N3c4cc(N(c5ccc(C6=CCCC=C6)cc5)C5C=CC=CC5)ccc4C4=CC=CCC43)=C2)c2ccccc21. The van der Waals surface area contributed by atoms with E-state index in [0.29, 0.717) is 6.04 Å². The summed E-state index contributed by atoms with van der Waals surface area (Å²) in [7, 11) is 0. The van der Waals surface area contributed by atoms with Crippen LogP contribution in [0.5, 0.6) is 0 Å². The molecule has 2 nitrogen and oxygen atoms in total. The average Bonchev–Trinajstić information content (AvgIpc) is 3.57. The van der Waals surface area contributed by atoms with Gasteiger partial charge in [0, 0.05) is 28.1 Å². The number of hydrogen-bond acceptors (Lipinski definition) is 2. The van der Waals surface area contributed by atoms with Crippen LogP contribution in [0.1, 0.15) is 74.6 Å². The summed E-state index contributed by atoms with van der Waals surface area (Å²) < 4.78 is 0. The predicted octanol–water partition coefficient (Wildman–Crippen LogP) is 11.4. The molecule has 232 valence electrons. The van der Waals surface area contributed by atoms with Gasteiger partial charge in [-0.3, -0.25) is 0 Å². The third kappa shape index (κ3) is 4.60. The first-order chi connectivity index (χ1) is 23.1. The highest BCUT2D eigenvalue weighted by molar-refractivity contribution is 5.94. The summed E-state index contributed by atoms with van der Waals surface area (Å²) >= 11 is 0. The number of nitrogens with zero attached hydrogens (tertiary/aromatic N) is 2. The van der Waals surface area contributed by atoms with Crippen molar-refractivity contribution in [3.8, 4) is 0 Å². The van der Waals surface area contributed by atoms with Gasteiger partial charge in [0.15, 0.2) is 0 Å². The maximum Gasteiger partial charge on any atom is 0.0629 e. The maximum absolute atomic E-state index is 2.71. The number of fused-ring (bicyclic) bond motifs is 5. The first-order valence-corrected chi connectivity index (χ1v) is 17.5. The zero-order chi connectivity index (χ0) is 31.5. The fraction of sp³-hybridized carbons (Fsp3) is 0.244. The minimum Gasteiger partial charge on any atom is -0.337 e. The van der Waals surface area contributed by atoms with Crippen molar-refractivity contribution in [2.75, 3.05) is 9.80 Å². The van der Waals surface area contributed by atoms with Crippen molar-refractivity contribution in [3.05, 3.63) is 167 Å². The molecule has 2 atom stereocenters. The molecule has 3 aromatic carbocycles. The normalized spacial score (nSPS) is 23.1. The summed E-state index contributed by atoms with van der Waals surface area (Å²) in [5.41, 5.74) is 16.7. The zero-order valence-corrected chi connectivity index (χ0v) is 27.5. The van der Waals surface area contributed by atoms with Gasteiger partial charge in [0.2, 0.25) is 0 Å². The van der Waals surface area contributed by atoms with Gasteiger partial charge in [-0.05, 0) is 108 Å². The van der Waals surface area contributed by atoms with Crippen LogP contribution in [0, 0.1) is 0 Å². The second-order valence-electron chi connectivity index (χ2n) is 14.2. The lowest BCUT2D eigenvalue weighted by atomic mass is 9.79. The Hall–Kier alpha value is -4.82. The number of hydrogen-bond donors (Lipinski definition) is 0. The molecule has 0 bridgehead atoms. The first kappa shape index (κ1) is 28.4. The zero-order valence-electron chi connectivity index (χ0n) is 27.5. The molecule has 0 radical (unpaired) electrons. The number of allylic oxidation sites excluding steroid dienone is 12. The number of anilines is 3. The van der Waals surface area contributed by atoms with E-state index in [1.165, 1.54) is 61.7 Å². The van der Waals surface area contributed by atoms with E-state index in [9.17, 15) is 0 Å². The van der Waals surface area contributed by atoms with E-state index in [1.807, 2.05) is 0 Å². The lowest BCUT2D eigenvalue weighted by molar-refractivity contribution is 0.645. The smallest absolute Gasteiger partial charge is 0.0629 e. The predicted molar refractivity (Wildman–Crippen MR) is 200 cm³/mol. The minimum absolute atomic E-state index is 0.0143. The third-order valence-corrected chi connectivity index (χ3v) is 11.2. The topological polar surface area (TPSA) is 6.48 Å². The molecule has 0 saturated carbocycles. The Morgan fingerprint density at radius 1 is 0.787 bits per heavy atom. The Morgan fingerprint density at radius 2 is 1.64 bits per heavy atom. The van der Waals surface area contributed by atoms with Gasteiger partial charge in [0.1, 0.15) is 0 Å². The summed E-state index contributed by atoms with van der Waals surface area (Å²) in [6.07, 6.45) is 31.9. The van der Waals surface area contributed by atoms with Gasteiger partial charge in [0.05, 0.1) is 17.8 Å². The number of benzene rings is 3. The maximum atomic E-state index is 2.71. The molecule has 6 aliphatic rings. The van der Waals surface area contributed by atoms with Crippen molar-refractivity contribution in [2.45, 2.75) is 69.9 Å². The summed E-state index contributed by atoms with van der Waals surface area (Å²) in [6, 6.07) is 26.2. The van der Waals surface area contributed by atoms with Crippen molar-refractivity contribution < 1.29 is 0 Å². The van der Waals surface area contributed by atoms with E-state index in [-0.39, 0.29) is 11.5 Å². The lowest BCUT2D eigenvalue weighted by Gasteiger charge is -2.36. The molecule has 1 aliphatic heterocycles. The molecule has 5 aliphatic carbocycles. The molecule has 0 saturated heterocycles. The second-order valence-corrected chi connectivity index (χ2v) is 14.2. The van der Waals surface area contributed by atoms with E-state index in [0.717, 1.165) is 38.5 Å². The summed E-state index contributed by atoms with van der Waals surface area (Å²) in [4.78, 5) is 5.26. The molecule has 2 unspecified atom stereocenters. The van der Waals surface area contributed by atoms with Crippen molar-refractivity contribution in [1.82, 2.24) is 0 Å². The Balaban J connectivity index is 1.14. The molecule has 3 aromatic rings.